The minimum Gasteiger partial charge on any atom is -0.381 e. The molecule has 1 aromatic rings. The monoisotopic (exact) mass is 332 g/mol. The average molecular weight is 332 g/mol. The second kappa shape index (κ2) is 7.64. The molecule has 2 aliphatic rings. The molecule has 2 fully saturated rings. The highest BCUT2D eigenvalue weighted by Crippen LogP contribution is 2.31. The van der Waals surface area contributed by atoms with Gasteiger partial charge in [0.25, 0.3) is 0 Å². The van der Waals surface area contributed by atoms with Crippen molar-refractivity contribution in [2.45, 2.75) is 44.4 Å². The van der Waals surface area contributed by atoms with Gasteiger partial charge in [0.15, 0.2) is 0 Å². The summed E-state index contributed by atoms with van der Waals surface area (Å²) in [6.45, 7) is 7.19. The minimum absolute atomic E-state index is 0.101. The Morgan fingerprint density at radius 2 is 1.79 bits per heavy atom. The van der Waals surface area contributed by atoms with E-state index in [2.05, 4.69) is 29.6 Å². The van der Waals surface area contributed by atoms with Crippen LogP contribution in [0.1, 0.15) is 32.3 Å². The van der Waals surface area contributed by atoms with Crippen molar-refractivity contribution < 1.29 is 14.3 Å². The van der Waals surface area contributed by atoms with Gasteiger partial charge in [-0.3, -0.25) is 10.1 Å². The molecule has 132 valence electrons. The molecule has 0 aromatic heterocycles. The summed E-state index contributed by atoms with van der Waals surface area (Å²) in [4.78, 5) is 14.6. The lowest BCUT2D eigenvalue weighted by atomic mass is 9.82. The molecule has 5 nitrogen and oxygen atoms in total. The van der Waals surface area contributed by atoms with E-state index in [1.807, 2.05) is 24.8 Å². The molecule has 1 N–H and O–H groups in total. The Bertz CT molecular complexity index is 533. The van der Waals surface area contributed by atoms with Crippen LogP contribution in [0.5, 0.6) is 0 Å². The van der Waals surface area contributed by atoms with Gasteiger partial charge >= 0.3 is 0 Å². The van der Waals surface area contributed by atoms with E-state index >= 15 is 0 Å². The topological polar surface area (TPSA) is 50.8 Å². The van der Waals surface area contributed by atoms with E-state index < -0.39 is 0 Å². The molecule has 0 unspecified atom stereocenters. The Balaban J connectivity index is 1.66. The van der Waals surface area contributed by atoms with Crippen LogP contribution in [0.3, 0.4) is 0 Å². The van der Waals surface area contributed by atoms with Crippen LogP contribution < -0.4 is 5.32 Å². The van der Waals surface area contributed by atoms with Crippen molar-refractivity contribution in [3.63, 3.8) is 0 Å². The highest BCUT2D eigenvalue weighted by molar-refractivity contribution is 5.78. The molecule has 3 rings (SSSR count). The predicted molar refractivity (Wildman–Crippen MR) is 92.8 cm³/mol. The zero-order valence-corrected chi connectivity index (χ0v) is 14.7. The highest BCUT2D eigenvalue weighted by atomic mass is 16.5. The van der Waals surface area contributed by atoms with E-state index in [-0.39, 0.29) is 23.7 Å². The van der Waals surface area contributed by atoms with Gasteiger partial charge < -0.3 is 14.4 Å². The molecule has 0 radical (unpaired) electrons. The van der Waals surface area contributed by atoms with Crippen LogP contribution >= 0.6 is 0 Å². The molecule has 0 spiro atoms. The number of nitrogens with one attached hydrogen (secondary N) is 1. The minimum atomic E-state index is -0.168. The molecule has 1 amide bonds. The number of ether oxygens (including phenoxy) is 2. The zero-order chi connectivity index (χ0) is 17.0. The van der Waals surface area contributed by atoms with E-state index in [0.717, 1.165) is 26.1 Å². The first-order valence-corrected chi connectivity index (χ1v) is 8.91. The smallest absolute Gasteiger partial charge is 0.236 e. The Hall–Kier alpha value is -1.43. The van der Waals surface area contributed by atoms with Gasteiger partial charge in [-0.2, -0.15) is 0 Å². The van der Waals surface area contributed by atoms with Crippen molar-refractivity contribution in [3.05, 3.63) is 35.9 Å². The molecule has 24 heavy (non-hydrogen) atoms. The normalized spacial score (nSPS) is 27.0. The van der Waals surface area contributed by atoms with Crippen LogP contribution in [0.15, 0.2) is 30.3 Å². The van der Waals surface area contributed by atoms with E-state index in [9.17, 15) is 4.79 Å². The largest absolute Gasteiger partial charge is 0.381 e. The number of benzene rings is 1. The Morgan fingerprint density at radius 3 is 2.42 bits per heavy atom. The summed E-state index contributed by atoms with van der Waals surface area (Å²) in [6.07, 6.45) is 1.98. The van der Waals surface area contributed by atoms with Crippen molar-refractivity contribution in [3.8, 4) is 0 Å². The van der Waals surface area contributed by atoms with Crippen molar-refractivity contribution in [2.75, 3.05) is 32.8 Å². The first-order valence-electron chi connectivity index (χ1n) is 8.91. The van der Waals surface area contributed by atoms with Gasteiger partial charge in [0.1, 0.15) is 0 Å². The average Bonchev–Trinajstić information content (AvgIpc) is 2.60. The molecule has 2 heterocycles. The number of carbonyl (C=O) groups excluding carboxylic acids is 1. The second-order valence-electron chi connectivity index (χ2n) is 6.97. The first-order chi connectivity index (χ1) is 11.6. The third-order valence-electron chi connectivity index (χ3n) is 5.02. The maximum absolute atomic E-state index is 12.7. The van der Waals surface area contributed by atoms with Gasteiger partial charge in [-0.25, -0.2) is 0 Å². The summed E-state index contributed by atoms with van der Waals surface area (Å²) in [5.74, 6) is 0.152. The van der Waals surface area contributed by atoms with Gasteiger partial charge in [0.05, 0.1) is 18.8 Å². The third kappa shape index (κ3) is 3.97. The summed E-state index contributed by atoms with van der Waals surface area (Å²) in [5, 5.41) is 3.57. The lowest BCUT2D eigenvalue weighted by molar-refractivity contribution is -0.142. The second-order valence-corrected chi connectivity index (χ2v) is 6.97. The lowest BCUT2D eigenvalue weighted by Crippen LogP contribution is -2.54. The number of carbonyl (C=O) groups is 1. The van der Waals surface area contributed by atoms with E-state index in [0.29, 0.717) is 19.6 Å². The first kappa shape index (κ1) is 17.4. The van der Waals surface area contributed by atoms with E-state index in [4.69, 9.17) is 9.47 Å². The highest BCUT2D eigenvalue weighted by Gasteiger charge is 2.35. The molecule has 2 aliphatic heterocycles. The molecular formula is C19H28N2O3. The summed E-state index contributed by atoms with van der Waals surface area (Å²) >= 11 is 0. The number of hydrogen-bond donors (Lipinski definition) is 1. The van der Waals surface area contributed by atoms with Crippen LogP contribution in [0.4, 0.5) is 0 Å². The summed E-state index contributed by atoms with van der Waals surface area (Å²) < 4.78 is 11.3. The molecule has 1 aromatic carbocycles. The number of hydrogen-bond acceptors (Lipinski definition) is 4. The quantitative estimate of drug-likeness (QED) is 0.915. The fraction of sp³-hybridized carbons (Fsp3) is 0.632. The fourth-order valence-corrected chi connectivity index (χ4v) is 3.78. The Labute approximate surface area is 144 Å². The van der Waals surface area contributed by atoms with Gasteiger partial charge in [0, 0.05) is 31.8 Å². The van der Waals surface area contributed by atoms with Gasteiger partial charge in [-0.1, -0.05) is 30.3 Å². The maximum atomic E-state index is 12.7. The van der Waals surface area contributed by atoms with Crippen molar-refractivity contribution in [2.24, 2.45) is 0 Å². The molecule has 0 aliphatic carbocycles. The summed E-state index contributed by atoms with van der Waals surface area (Å²) in [5.41, 5.74) is 1.07. The Morgan fingerprint density at radius 1 is 1.17 bits per heavy atom. The Kier molecular flexibility index (Phi) is 5.54. The van der Waals surface area contributed by atoms with Crippen molar-refractivity contribution in [1.82, 2.24) is 10.2 Å². The van der Waals surface area contributed by atoms with Gasteiger partial charge in [-0.15, -0.1) is 0 Å². The van der Waals surface area contributed by atoms with Crippen LogP contribution in [-0.4, -0.2) is 55.9 Å². The third-order valence-corrected chi connectivity index (χ3v) is 5.02. The standard InChI is InChI=1S/C19H28N2O3/c1-15-13-21(14-16(2)24-15)18(22)12-20-19(8-10-23-11-9-19)17-6-4-3-5-7-17/h3-7,15-16,20H,8-14H2,1-2H3/t15-,16-/m0/s1. The van der Waals surface area contributed by atoms with Crippen LogP contribution in [-0.2, 0) is 19.8 Å². The molecule has 5 heteroatoms. The van der Waals surface area contributed by atoms with Crippen molar-refractivity contribution in [1.29, 1.82) is 0 Å². The number of nitrogens with zero attached hydrogens (tertiary/aromatic N) is 1. The summed E-state index contributed by atoms with van der Waals surface area (Å²) in [7, 11) is 0. The van der Waals surface area contributed by atoms with E-state index in [1.54, 1.807) is 0 Å². The molecule has 0 saturated carbocycles. The van der Waals surface area contributed by atoms with Gasteiger partial charge in [0.2, 0.25) is 5.91 Å². The number of rotatable bonds is 4. The number of morpholine rings is 1. The fourth-order valence-electron chi connectivity index (χ4n) is 3.78. The van der Waals surface area contributed by atoms with Crippen molar-refractivity contribution >= 4 is 5.91 Å². The van der Waals surface area contributed by atoms with E-state index in [1.165, 1.54) is 5.56 Å². The molecule has 0 bridgehead atoms. The molecule has 2 saturated heterocycles. The van der Waals surface area contributed by atoms with Crippen LogP contribution in [0.2, 0.25) is 0 Å². The predicted octanol–water partition coefficient (Wildman–Crippen LogP) is 1.92. The van der Waals surface area contributed by atoms with Gasteiger partial charge in [-0.05, 0) is 32.3 Å². The SMILES string of the molecule is C[C@H]1CN(C(=O)CNC2(c3ccccc3)CCOCC2)C[C@H](C)O1. The zero-order valence-electron chi connectivity index (χ0n) is 14.7. The maximum Gasteiger partial charge on any atom is 0.236 e. The molecule has 2 atom stereocenters. The summed E-state index contributed by atoms with van der Waals surface area (Å²) in [6, 6.07) is 10.4. The lowest BCUT2D eigenvalue weighted by Gasteiger charge is -2.40. The molecular weight excluding hydrogens is 304 g/mol. The number of amides is 1. The van der Waals surface area contributed by atoms with Crippen LogP contribution in [0.25, 0.3) is 0 Å². The van der Waals surface area contributed by atoms with Crippen LogP contribution in [0, 0.1) is 0 Å².